The highest BCUT2D eigenvalue weighted by Crippen LogP contribution is 2.29. The van der Waals surface area contributed by atoms with Crippen LogP contribution in [0, 0.1) is 0 Å². The van der Waals surface area contributed by atoms with Crippen molar-refractivity contribution in [3.05, 3.63) is 90.8 Å². The molecule has 3 aromatic rings. The van der Waals surface area contributed by atoms with Gasteiger partial charge in [0.15, 0.2) is 0 Å². The van der Waals surface area contributed by atoms with Gasteiger partial charge in [0.2, 0.25) is 0 Å². The summed E-state index contributed by atoms with van der Waals surface area (Å²) in [7, 11) is 0. The third-order valence-corrected chi connectivity index (χ3v) is 5.40. The molecule has 1 fully saturated rings. The molecule has 1 aromatic carbocycles. The zero-order valence-electron chi connectivity index (χ0n) is 17.0. The fourth-order valence-corrected chi connectivity index (χ4v) is 3.96. The number of imidazole rings is 1. The maximum absolute atomic E-state index is 13.3. The molecule has 0 saturated carbocycles. The minimum Gasteiger partial charge on any atom is -0.489 e. The number of carbonyl (C=O) groups excluding carboxylic acids is 1. The van der Waals surface area contributed by atoms with Gasteiger partial charge < -0.3 is 14.2 Å². The van der Waals surface area contributed by atoms with Crippen molar-refractivity contribution in [3.63, 3.8) is 0 Å². The van der Waals surface area contributed by atoms with Crippen LogP contribution in [-0.2, 0) is 6.54 Å². The number of likely N-dealkylation sites (tertiary alicyclic amines) is 1. The van der Waals surface area contributed by atoms with E-state index >= 15 is 0 Å². The normalized spacial score (nSPS) is 16.3. The van der Waals surface area contributed by atoms with Gasteiger partial charge in [-0.1, -0.05) is 24.8 Å². The summed E-state index contributed by atoms with van der Waals surface area (Å²) in [4.78, 5) is 23.9. The molecule has 0 spiro atoms. The molecule has 1 aliphatic heterocycles. The Hall–Kier alpha value is -3.41. The number of hydrogen-bond acceptors (Lipinski definition) is 4. The number of hydrogen-bond donors (Lipinski definition) is 0. The van der Waals surface area contributed by atoms with Gasteiger partial charge in [0, 0.05) is 50.3 Å². The van der Waals surface area contributed by atoms with Crippen LogP contribution in [0.4, 0.5) is 0 Å². The number of aromatic nitrogens is 3. The lowest BCUT2D eigenvalue weighted by atomic mass is 9.96. The molecule has 1 saturated heterocycles. The molecule has 0 aliphatic carbocycles. The summed E-state index contributed by atoms with van der Waals surface area (Å²) in [6.45, 7) is 6.21. The van der Waals surface area contributed by atoms with Gasteiger partial charge in [-0.2, -0.15) is 0 Å². The predicted octanol–water partition coefficient (Wildman–Crippen LogP) is 3.91. The summed E-state index contributed by atoms with van der Waals surface area (Å²) < 4.78 is 7.87. The number of ether oxygens (including phenoxy) is 1. The van der Waals surface area contributed by atoms with E-state index < -0.39 is 0 Å². The van der Waals surface area contributed by atoms with Crippen LogP contribution < -0.4 is 4.74 Å². The summed E-state index contributed by atoms with van der Waals surface area (Å²) in [5.74, 6) is 1.84. The van der Waals surface area contributed by atoms with E-state index in [0.29, 0.717) is 24.5 Å². The summed E-state index contributed by atoms with van der Waals surface area (Å²) in [5, 5.41) is 0. The Morgan fingerprint density at radius 3 is 2.87 bits per heavy atom. The zero-order chi connectivity index (χ0) is 20.8. The number of amides is 1. The zero-order valence-corrected chi connectivity index (χ0v) is 17.0. The second-order valence-corrected chi connectivity index (χ2v) is 7.45. The highest BCUT2D eigenvalue weighted by atomic mass is 16.5. The highest BCUT2D eigenvalue weighted by Gasteiger charge is 2.29. The van der Waals surface area contributed by atoms with Crippen molar-refractivity contribution in [1.29, 1.82) is 0 Å². The molecule has 3 heterocycles. The van der Waals surface area contributed by atoms with Crippen LogP contribution in [-0.4, -0.2) is 45.0 Å². The molecule has 30 heavy (non-hydrogen) atoms. The molecule has 0 radical (unpaired) electrons. The molecule has 2 aromatic heterocycles. The lowest BCUT2D eigenvalue weighted by Gasteiger charge is -2.33. The van der Waals surface area contributed by atoms with Gasteiger partial charge in [0.25, 0.3) is 5.91 Å². The van der Waals surface area contributed by atoms with Gasteiger partial charge in [-0.15, -0.1) is 0 Å². The lowest BCUT2D eigenvalue weighted by Crippen LogP contribution is -2.40. The van der Waals surface area contributed by atoms with Crippen LogP contribution in [0.25, 0.3) is 0 Å². The molecule has 4 rings (SSSR count). The smallest absolute Gasteiger partial charge is 0.257 e. The van der Waals surface area contributed by atoms with Gasteiger partial charge in [0.05, 0.1) is 5.56 Å². The summed E-state index contributed by atoms with van der Waals surface area (Å²) in [6, 6.07) is 11.4. The third kappa shape index (κ3) is 4.43. The maximum Gasteiger partial charge on any atom is 0.257 e. The largest absolute Gasteiger partial charge is 0.489 e. The average molecular weight is 402 g/mol. The van der Waals surface area contributed by atoms with Gasteiger partial charge in [-0.05, 0) is 42.7 Å². The van der Waals surface area contributed by atoms with E-state index in [1.165, 1.54) is 5.56 Å². The van der Waals surface area contributed by atoms with E-state index in [-0.39, 0.29) is 11.8 Å². The third-order valence-electron chi connectivity index (χ3n) is 5.40. The van der Waals surface area contributed by atoms with Gasteiger partial charge in [-0.25, -0.2) is 4.98 Å². The molecule has 1 amide bonds. The Bertz CT molecular complexity index is 999. The quantitative estimate of drug-likeness (QED) is 0.562. The summed E-state index contributed by atoms with van der Waals surface area (Å²) in [5.41, 5.74) is 1.78. The molecule has 6 nitrogen and oxygen atoms in total. The molecule has 0 unspecified atom stereocenters. The fraction of sp³-hybridized carbons (Fsp3) is 0.292. The minimum absolute atomic E-state index is 0.00611. The summed E-state index contributed by atoms with van der Waals surface area (Å²) >= 11 is 0. The molecule has 0 bridgehead atoms. The second-order valence-electron chi connectivity index (χ2n) is 7.45. The fourth-order valence-electron chi connectivity index (χ4n) is 3.96. The Kier molecular flexibility index (Phi) is 6.23. The predicted molar refractivity (Wildman–Crippen MR) is 116 cm³/mol. The van der Waals surface area contributed by atoms with Crippen molar-refractivity contribution in [2.45, 2.75) is 25.3 Å². The van der Waals surface area contributed by atoms with Crippen molar-refractivity contribution in [2.24, 2.45) is 0 Å². The van der Waals surface area contributed by atoms with E-state index in [1.54, 1.807) is 18.5 Å². The van der Waals surface area contributed by atoms with Crippen molar-refractivity contribution in [1.82, 2.24) is 19.4 Å². The first-order valence-electron chi connectivity index (χ1n) is 10.3. The van der Waals surface area contributed by atoms with Crippen molar-refractivity contribution in [2.75, 3.05) is 19.7 Å². The molecular weight excluding hydrogens is 376 g/mol. The van der Waals surface area contributed by atoms with Crippen LogP contribution in [0.2, 0.25) is 0 Å². The van der Waals surface area contributed by atoms with E-state index in [9.17, 15) is 4.79 Å². The number of piperidine rings is 1. The van der Waals surface area contributed by atoms with Crippen LogP contribution in [0.15, 0.2) is 73.8 Å². The van der Waals surface area contributed by atoms with Crippen molar-refractivity contribution in [3.8, 4) is 5.75 Å². The second kappa shape index (κ2) is 9.39. The Balaban J connectivity index is 1.50. The molecule has 1 aliphatic rings. The lowest BCUT2D eigenvalue weighted by molar-refractivity contribution is 0.0699. The van der Waals surface area contributed by atoms with E-state index in [0.717, 1.165) is 31.8 Å². The molecular formula is C24H26N4O2. The van der Waals surface area contributed by atoms with Gasteiger partial charge >= 0.3 is 0 Å². The number of pyridine rings is 1. The van der Waals surface area contributed by atoms with E-state index in [2.05, 4.69) is 21.1 Å². The van der Waals surface area contributed by atoms with E-state index in [1.807, 2.05) is 53.7 Å². The number of benzene rings is 1. The Labute approximate surface area is 176 Å². The Morgan fingerprint density at radius 1 is 1.20 bits per heavy atom. The molecule has 154 valence electrons. The van der Waals surface area contributed by atoms with Crippen LogP contribution >= 0.6 is 0 Å². The van der Waals surface area contributed by atoms with Gasteiger partial charge in [0.1, 0.15) is 18.2 Å². The minimum atomic E-state index is 0.00611. The van der Waals surface area contributed by atoms with Gasteiger partial charge in [-0.3, -0.25) is 9.78 Å². The topological polar surface area (TPSA) is 60.2 Å². The highest BCUT2D eigenvalue weighted by molar-refractivity contribution is 5.97. The first-order valence-corrected chi connectivity index (χ1v) is 10.3. The number of rotatable bonds is 7. The number of nitrogens with zero attached hydrogens (tertiary/aromatic N) is 4. The Morgan fingerprint density at radius 2 is 2.03 bits per heavy atom. The molecule has 1 atom stereocenters. The number of carbonyl (C=O) groups is 1. The van der Waals surface area contributed by atoms with Crippen molar-refractivity contribution >= 4 is 5.91 Å². The van der Waals surface area contributed by atoms with Crippen LogP contribution in [0.3, 0.4) is 0 Å². The van der Waals surface area contributed by atoms with Crippen molar-refractivity contribution < 1.29 is 9.53 Å². The SMILES string of the molecule is C=CCOc1ccccc1C(=O)N1CCC[C@H](c2nccn2Cc2ccncc2)C1. The standard InChI is InChI=1S/C24H26N4O2/c1-2-16-30-22-8-4-3-7-21(22)24(29)28-14-5-6-20(18-28)23-26-13-15-27(23)17-19-9-11-25-12-10-19/h2-4,7-13,15,20H,1,5-6,14,16-18H2/t20-/m0/s1. The first kappa shape index (κ1) is 19.9. The number of para-hydroxylation sites is 1. The summed E-state index contributed by atoms with van der Waals surface area (Å²) in [6.07, 6.45) is 11.1. The van der Waals surface area contributed by atoms with Crippen LogP contribution in [0.1, 0.15) is 40.5 Å². The average Bonchev–Trinajstić information content (AvgIpc) is 3.26. The monoisotopic (exact) mass is 402 g/mol. The van der Waals surface area contributed by atoms with E-state index in [4.69, 9.17) is 4.74 Å². The molecule has 0 N–H and O–H groups in total. The maximum atomic E-state index is 13.3. The first-order chi connectivity index (χ1) is 14.8. The molecule has 6 heteroatoms. The van der Waals surface area contributed by atoms with Crippen LogP contribution in [0.5, 0.6) is 5.75 Å².